The zero-order chi connectivity index (χ0) is 17.7. The molecule has 0 radical (unpaired) electrons. The summed E-state index contributed by atoms with van der Waals surface area (Å²) in [6, 6.07) is 9.36. The summed E-state index contributed by atoms with van der Waals surface area (Å²) in [6.45, 7) is -0.144. The van der Waals surface area contributed by atoms with E-state index in [4.69, 9.17) is 17.3 Å². The quantitative estimate of drug-likeness (QED) is 0.810. The van der Waals surface area contributed by atoms with Crippen molar-refractivity contribution in [1.82, 2.24) is 4.72 Å². The van der Waals surface area contributed by atoms with E-state index in [1.165, 1.54) is 12.1 Å². The van der Waals surface area contributed by atoms with E-state index in [0.29, 0.717) is 11.1 Å². The van der Waals surface area contributed by atoms with E-state index < -0.39 is 21.7 Å². The molecule has 5 nitrogen and oxygen atoms in total. The first-order valence-electron chi connectivity index (χ1n) is 6.63. The van der Waals surface area contributed by atoms with Crippen molar-refractivity contribution in [2.24, 2.45) is 5.73 Å². The Kier molecular flexibility index (Phi) is 5.57. The third-order valence-corrected chi connectivity index (χ3v) is 4.64. The molecule has 124 valence electrons. The van der Waals surface area contributed by atoms with Crippen LogP contribution < -0.4 is 10.5 Å². The highest BCUT2D eigenvalue weighted by atomic mass is 35.5. The van der Waals surface area contributed by atoms with E-state index in [-0.39, 0.29) is 16.5 Å². The Labute approximate surface area is 143 Å². The van der Waals surface area contributed by atoms with Crippen LogP contribution in [0.1, 0.15) is 15.9 Å². The number of carbonyl (C=O) groups excluding carboxylic acids is 1. The molecule has 2 rings (SSSR count). The minimum atomic E-state index is -3.84. The van der Waals surface area contributed by atoms with E-state index in [2.05, 4.69) is 16.6 Å². The van der Waals surface area contributed by atoms with Crippen LogP contribution in [0.25, 0.3) is 0 Å². The summed E-state index contributed by atoms with van der Waals surface area (Å²) in [5, 5.41) is -0.279. The molecule has 3 N–H and O–H groups in total. The van der Waals surface area contributed by atoms with Crippen molar-refractivity contribution in [1.29, 1.82) is 0 Å². The molecule has 0 aromatic heterocycles. The molecule has 0 saturated heterocycles. The van der Waals surface area contributed by atoms with Crippen LogP contribution in [-0.4, -0.2) is 20.9 Å². The predicted octanol–water partition coefficient (Wildman–Crippen LogP) is 1.91. The minimum absolute atomic E-state index is 0.144. The first-order valence-corrected chi connectivity index (χ1v) is 8.49. The molecular weight excluding hydrogens is 355 g/mol. The van der Waals surface area contributed by atoms with Gasteiger partial charge in [-0.05, 0) is 42.5 Å². The monoisotopic (exact) mass is 366 g/mol. The molecule has 0 aliphatic carbocycles. The molecule has 24 heavy (non-hydrogen) atoms. The number of halogens is 2. The third kappa shape index (κ3) is 4.55. The molecule has 0 bridgehead atoms. The average Bonchev–Trinajstić information content (AvgIpc) is 2.54. The second-order valence-corrected chi connectivity index (χ2v) is 6.82. The number of rotatable bonds is 4. The lowest BCUT2D eigenvalue weighted by molar-refractivity contribution is 0.100. The number of hydrogen-bond acceptors (Lipinski definition) is 3. The summed E-state index contributed by atoms with van der Waals surface area (Å²) < 4.78 is 39.4. The van der Waals surface area contributed by atoms with Crippen molar-refractivity contribution in [3.8, 4) is 11.8 Å². The molecule has 8 heteroatoms. The Morgan fingerprint density at radius 1 is 1.21 bits per heavy atom. The summed E-state index contributed by atoms with van der Waals surface area (Å²) in [5.41, 5.74) is 6.08. The van der Waals surface area contributed by atoms with Gasteiger partial charge in [-0.15, -0.1) is 0 Å². The highest BCUT2D eigenvalue weighted by Gasteiger charge is 2.14. The molecule has 0 aliphatic heterocycles. The van der Waals surface area contributed by atoms with Crippen molar-refractivity contribution >= 4 is 27.5 Å². The normalized spacial score (nSPS) is 10.8. The Hall–Kier alpha value is -2.40. The van der Waals surface area contributed by atoms with Crippen LogP contribution in [0, 0.1) is 17.7 Å². The van der Waals surface area contributed by atoms with Gasteiger partial charge in [-0.1, -0.05) is 23.4 Å². The standard InChI is InChI=1S/C16H12ClFN2O3S/c17-14-10-13(7-8-15(14)18)24(22,23)20-9-1-2-11-3-5-12(6-4-11)16(19)21/h3-8,10,20H,9H2,(H2,19,21). The number of nitrogens with two attached hydrogens (primary N) is 1. The summed E-state index contributed by atoms with van der Waals surface area (Å²) in [7, 11) is -3.84. The fourth-order valence-electron chi connectivity index (χ4n) is 1.72. The SMILES string of the molecule is NC(=O)c1ccc(C#CCNS(=O)(=O)c2ccc(F)c(Cl)c2)cc1. The average molecular weight is 367 g/mol. The minimum Gasteiger partial charge on any atom is -0.366 e. The first kappa shape index (κ1) is 17.9. The number of nitrogens with one attached hydrogen (secondary N) is 1. The van der Waals surface area contributed by atoms with Crippen LogP contribution >= 0.6 is 11.6 Å². The first-order chi connectivity index (χ1) is 11.3. The molecule has 0 heterocycles. The van der Waals surface area contributed by atoms with E-state index in [9.17, 15) is 17.6 Å². The highest BCUT2D eigenvalue weighted by molar-refractivity contribution is 7.89. The molecule has 1 amide bonds. The van der Waals surface area contributed by atoms with Gasteiger partial charge in [0.15, 0.2) is 0 Å². The van der Waals surface area contributed by atoms with E-state index in [0.717, 1.165) is 18.2 Å². The summed E-state index contributed by atoms with van der Waals surface area (Å²) in [5.74, 6) is 4.14. The van der Waals surface area contributed by atoms with Gasteiger partial charge < -0.3 is 5.73 Å². The maximum atomic E-state index is 13.1. The van der Waals surface area contributed by atoms with Gasteiger partial charge in [0.05, 0.1) is 16.5 Å². The number of sulfonamides is 1. The molecule has 2 aromatic rings. The highest BCUT2D eigenvalue weighted by Crippen LogP contribution is 2.19. The zero-order valence-corrected chi connectivity index (χ0v) is 13.8. The molecule has 2 aromatic carbocycles. The third-order valence-electron chi connectivity index (χ3n) is 2.95. The van der Waals surface area contributed by atoms with Gasteiger partial charge in [0.2, 0.25) is 15.9 Å². The molecule has 0 atom stereocenters. The van der Waals surface area contributed by atoms with Crippen molar-refractivity contribution < 1.29 is 17.6 Å². The smallest absolute Gasteiger partial charge is 0.248 e. The van der Waals surface area contributed by atoms with Gasteiger partial charge in [0.1, 0.15) is 5.82 Å². The maximum Gasteiger partial charge on any atom is 0.248 e. The molecule has 0 aliphatic rings. The topological polar surface area (TPSA) is 89.3 Å². The van der Waals surface area contributed by atoms with Crippen LogP contribution in [0.3, 0.4) is 0 Å². The van der Waals surface area contributed by atoms with Gasteiger partial charge >= 0.3 is 0 Å². The molecule has 0 unspecified atom stereocenters. The van der Waals surface area contributed by atoms with Crippen LogP contribution in [0.4, 0.5) is 4.39 Å². The molecular formula is C16H12ClFN2O3S. The Morgan fingerprint density at radius 2 is 1.88 bits per heavy atom. The number of carbonyl (C=O) groups is 1. The maximum absolute atomic E-state index is 13.1. The van der Waals surface area contributed by atoms with Crippen LogP contribution in [0.2, 0.25) is 5.02 Å². The second kappa shape index (κ2) is 7.45. The van der Waals surface area contributed by atoms with Gasteiger partial charge in [-0.25, -0.2) is 12.8 Å². The van der Waals surface area contributed by atoms with Gasteiger partial charge in [0, 0.05) is 11.1 Å². The van der Waals surface area contributed by atoms with Gasteiger partial charge in [-0.3, -0.25) is 4.79 Å². The van der Waals surface area contributed by atoms with Crippen molar-refractivity contribution in [2.75, 3.05) is 6.54 Å². The van der Waals surface area contributed by atoms with E-state index in [1.54, 1.807) is 12.1 Å². The summed E-state index contributed by atoms with van der Waals surface area (Å²) in [4.78, 5) is 10.8. The fraction of sp³-hybridized carbons (Fsp3) is 0.0625. The Bertz CT molecular complexity index is 932. The van der Waals surface area contributed by atoms with E-state index in [1.807, 2.05) is 0 Å². The second-order valence-electron chi connectivity index (χ2n) is 4.64. The number of primary amides is 1. The Balaban J connectivity index is 2.03. The largest absolute Gasteiger partial charge is 0.366 e. The van der Waals surface area contributed by atoms with Crippen molar-refractivity contribution in [3.63, 3.8) is 0 Å². The lowest BCUT2D eigenvalue weighted by atomic mass is 10.1. The number of amides is 1. The number of hydrogen-bond donors (Lipinski definition) is 2. The molecule has 0 spiro atoms. The van der Waals surface area contributed by atoms with Gasteiger partial charge in [-0.2, -0.15) is 4.72 Å². The lowest BCUT2D eigenvalue weighted by Gasteiger charge is -2.04. The Morgan fingerprint density at radius 3 is 2.46 bits per heavy atom. The van der Waals surface area contributed by atoms with E-state index >= 15 is 0 Å². The zero-order valence-electron chi connectivity index (χ0n) is 12.2. The predicted molar refractivity (Wildman–Crippen MR) is 88.4 cm³/mol. The van der Waals surface area contributed by atoms with Crippen LogP contribution in [0.5, 0.6) is 0 Å². The molecule has 0 saturated carbocycles. The van der Waals surface area contributed by atoms with Crippen molar-refractivity contribution in [2.45, 2.75) is 4.90 Å². The van der Waals surface area contributed by atoms with Crippen LogP contribution in [0.15, 0.2) is 47.4 Å². The fourth-order valence-corrected chi connectivity index (χ4v) is 2.92. The van der Waals surface area contributed by atoms with Gasteiger partial charge in [0.25, 0.3) is 0 Å². The summed E-state index contributed by atoms with van der Waals surface area (Å²) >= 11 is 5.57. The number of benzene rings is 2. The summed E-state index contributed by atoms with van der Waals surface area (Å²) in [6.07, 6.45) is 0. The van der Waals surface area contributed by atoms with Crippen LogP contribution in [-0.2, 0) is 10.0 Å². The lowest BCUT2D eigenvalue weighted by Crippen LogP contribution is -2.24. The molecule has 0 fully saturated rings. The van der Waals surface area contributed by atoms with Crippen molar-refractivity contribution in [3.05, 3.63) is 64.4 Å².